The smallest absolute Gasteiger partial charge is 0.416 e. The van der Waals surface area contributed by atoms with Gasteiger partial charge in [0.1, 0.15) is 6.54 Å². The number of alkyl halides is 3. The summed E-state index contributed by atoms with van der Waals surface area (Å²) in [6.07, 6.45) is -3.16. The van der Waals surface area contributed by atoms with Gasteiger partial charge in [-0.3, -0.25) is 0 Å². The Bertz CT molecular complexity index is 758. The molecule has 0 aliphatic heterocycles. The van der Waals surface area contributed by atoms with Crippen LogP contribution in [0.3, 0.4) is 0 Å². The molecule has 0 fully saturated rings. The van der Waals surface area contributed by atoms with Crippen molar-refractivity contribution in [2.75, 3.05) is 14.2 Å². The van der Waals surface area contributed by atoms with E-state index >= 15 is 0 Å². The van der Waals surface area contributed by atoms with E-state index in [1.165, 1.54) is 26.3 Å². The number of hydrogen-bond acceptors (Lipinski definition) is 3. The second-order valence-electron chi connectivity index (χ2n) is 6.92. The van der Waals surface area contributed by atoms with Gasteiger partial charge in [-0.1, -0.05) is 18.2 Å². The van der Waals surface area contributed by atoms with Crippen LogP contribution in [0.5, 0.6) is 11.5 Å². The molecule has 2 rings (SSSR count). The van der Waals surface area contributed by atoms with Gasteiger partial charge in [0.2, 0.25) is 0 Å². The predicted octanol–water partition coefficient (Wildman–Crippen LogP) is 4.89. The molecule has 1 N–H and O–H groups in total. The first kappa shape index (κ1) is 21.1. The van der Waals surface area contributed by atoms with Crippen molar-refractivity contribution in [3.05, 3.63) is 64.4 Å². The number of phenols is 1. The zero-order chi connectivity index (χ0) is 20.2. The van der Waals surface area contributed by atoms with Crippen LogP contribution in [0, 0.1) is 5.21 Å². The average molecular weight is 383 g/mol. The summed E-state index contributed by atoms with van der Waals surface area (Å²) in [5.74, 6) is 0.435. The zero-order valence-corrected chi connectivity index (χ0v) is 15.6. The molecular formula is C20H24F3NO3. The molecule has 2 aromatic rings. The van der Waals surface area contributed by atoms with Gasteiger partial charge in [-0.2, -0.15) is 13.2 Å². The second-order valence-corrected chi connectivity index (χ2v) is 6.92. The van der Waals surface area contributed by atoms with E-state index < -0.39 is 16.4 Å². The van der Waals surface area contributed by atoms with Crippen LogP contribution < -0.4 is 4.74 Å². The van der Waals surface area contributed by atoms with E-state index in [2.05, 4.69) is 0 Å². The van der Waals surface area contributed by atoms with Crippen molar-refractivity contribution >= 4 is 0 Å². The lowest BCUT2D eigenvalue weighted by Gasteiger charge is -2.44. The van der Waals surface area contributed by atoms with Gasteiger partial charge in [-0.15, -0.1) is 0 Å². The van der Waals surface area contributed by atoms with Crippen LogP contribution in [0.1, 0.15) is 30.0 Å². The van der Waals surface area contributed by atoms with Gasteiger partial charge in [0, 0.05) is 12.0 Å². The number of hydroxylamine groups is 3. The number of aromatic hydroxyl groups is 1. The Labute approximate surface area is 157 Å². The van der Waals surface area contributed by atoms with Crippen LogP contribution in [-0.4, -0.2) is 30.0 Å². The average Bonchev–Trinajstić information content (AvgIpc) is 2.60. The van der Waals surface area contributed by atoms with Crippen molar-refractivity contribution in [3.63, 3.8) is 0 Å². The fourth-order valence-corrected chi connectivity index (χ4v) is 2.84. The first-order valence-corrected chi connectivity index (χ1v) is 8.61. The van der Waals surface area contributed by atoms with Crippen LogP contribution in [-0.2, 0) is 19.1 Å². The van der Waals surface area contributed by atoms with Crippen molar-refractivity contribution in [2.24, 2.45) is 0 Å². The van der Waals surface area contributed by atoms with Gasteiger partial charge in [-0.25, -0.2) is 0 Å². The molecule has 0 saturated heterocycles. The highest BCUT2D eigenvalue weighted by molar-refractivity contribution is 5.41. The Morgan fingerprint density at radius 3 is 2.26 bits per heavy atom. The molecule has 0 aliphatic rings. The van der Waals surface area contributed by atoms with Crippen molar-refractivity contribution in [3.8, 4) is 11.5 Å². The molecule has 0 aliphatic carbocycles. The number of quaternary nitrogens is 1. The molecule has 2 aromatic carbocycles. The molecule has 7 heteroatoms. The monoisotopic (exact) mass is 383 g/mol. The largest absolute Gasteiger partial charge is 0.633 e. The number of phenolic OH excluding ortho intramolecular Hbond substituents is 1. The van der Waals surface area contributed by atoms with Gasteiger partial charge in [0.25, 0.3) is 0 Å². The van der Waals surface area contributed by atoms with Gasteiger partial charge >= 0.3 is 6.18 Å². The standard InChI is InChI=1S/C20H24F3NO3/c1-14(4-5-15-8-11-18(25)19(12-15)27-3)24(2,26)13-16-6-9-17(10-7-16)20(21,22)23/h6-12,14,25H,4-5,13H2,1-3H3/t14-,24?/m1/s1. The summed E-state index contributed by atoms with van der Waals surface area (Å²) < 4.78 is 42.4. The number of rotatable bonds is 7. The van der Waals surface area contributed by atoms with Crippen molar-refractivity contribution in [1.29, 1.82) is 0 Å². The zero-order valence-electron chi connectivity index (χ0n) is 15.6. The Balaban J connectivity index is 1.99. The van der Waals surface area contributed by atoms with E-state index in [9.17, 15) is 23.5 Å². The number of ether oxygens (including phenoxy) is 1. The minimum atomic E-state index is -4.38. The van der Waals surface area contributed by atoms with E-state index in [0.717, 1.165) is 17.7 Å². The van der Waals surface area contributed by atoms with Crippen molar-refractivity contribution in [1.82, 2.24) is 0 Å². The quantitative estimate of drug-likeness (QED) is 0.547. The number of benzene rings is 2. The van der Waals surface area contributed by atoms with Crippen LogP contribution in [0.25, 0.3) is 0 Å². The van der Waals surface area contributed by atoms with Gasteiger partial charge in [0.15, 0.2) is 11.5 Å². The number of halogens is 3. The lowest BCUT2D eigenvalue weighted by Crippen LogP contribution is -2.45. The summed E-state index contributed by atoms with van der Waals surface area (Å²) in [5, 5.41) is 22.5. The summed E-state index contributed by atoms with van der Waals surface area (Å²) in [7, 11) is 3.00. The Morgan fingerprint density at radius 2 is 1.70 bits per heavy atom. The summed E-state index contributed by atoms with van der Waals surface area (Å²) in [4.78, 5) is 0. The molecule has 0 amide bonds. The SMILES string of the molecule is COc1cc(CC[C@@H](C)[N+](C)([O-])Cc2ccc(C(F)(F)F)cc2)ccc1O. The number of aryl methyl sites for hydroxylation is 1. The summed E-state index contributed by atoms with van der Waals surface area (Å²) in [6.45, 7) is 1.92. The molecule has 0 spiro atoms. The summed E-state index contributed by atoms with van der Waals surface area (Å²) in [6, 6.07) is 9.51. The maximum absolute atomic E-state index is 12.9. The highest BCUT2D eigenvalue weighted by Gasteiger charge is 2.30. The third kappa shape index (κ3) is 5.61. The second kappa shape index (κ2) is 8.19. The summed E-state index contributed by atoms with van der Waals surface area (Å²) >= 11 is 0. The van der Waals surface area contributed by atoms with Gasteiger partial charge in [-0.05, 0) is 43.2 Å². The number of nitrogens with zero attached hydrogens (tertiary/aromatic N) is 1. The fourth-order valence-electron chi connectivity index (χ4n) is 2.84. The van der Waals surface area contributed by atoms with E-state index in [1.54, 1.807) is 18.2 Å². The van der Waals surface area contributed by atoms with Crippen molar-refractivity contribution < 1.29 is 27.7 Å². The highest BCUT2D eigenvalue weighted by Crippen LogP contribution is 2.30. The van der Waals surface area contributed by atoms with E-state index in [1.807, 2.05) is 6.92 Å². The summed E-state index contributed by atoms with van der Waals surface area (Å²) in [5.41, 5.74) is 0.783. The van der Waals surface area contributed by atoms with Crippen LogP contribution in [0.4, 0.5) is 13.2 Å². The van der Waals surface area contributed by atoms with E-state index in [-0.39, 0.29) is 18.3 Å². The third-order valence-corrected chi connectivity index (χ3v) is 4.81. The van der Waals surface area contributed by atoms with Crippen LogP contribution >= 0.6 is 0 Å². The van der Waals surface area contributed by atoms with Gasteiger partial charge in [0.05, 0.1) is 25.8 Å². The lowest BCUT2D eigenvalue weighted by molar-refractivity contribution is -0.898. The molecule has 148 valence electrons. The maximum atomic E-state index is 12.9. The molecular weight excluding hydrogens is 359 g/mol. The molecule has 0 heterocycles. The minimum absolute atomic E-state index is 0.0565. The van der Waals surface area contributed by atoms with Crippen LogP contribution in [0.15, 0.2) is 42.5 Å². The Hall–Kier alpha value is -2.25. The minimum Gasteiger partial charge on any atom is -0.633 e. The number of methoxy groups -OCH3 is 1. The maximum Gasteiger partial charge on any atom is 0.416 e. The highest BCUT2D eigenvalue weighted by atomic mass is 19.4. The first-order valence-electron chi connectivity index (χ1n) is 8.61. The number of hydrogen-bond donors (Lipinski definition) is 1. The molecule has 0 aromatic heterocycles. The molecule has 0 bridgehead atoms. The lowest BCUT2D eigenvalue weighted by atomic mass is 10.0. The van der Waals surface area contributed by atoms with Crippen LogP contribution in [0.2, 0.25) is 0 Å². The topological polar surface area (TPSA) is 52.5 Å². The fraction of sp³-hybridized carbons (Fsp3) is 0.400. The van der Waals surface area contributed by atoms with E-state index in [4.69, 9.17) is 4.74 Å². The normalized spacial score (nSPS) is 15.2. The van der Waals surface area contributed by atoms with Gasteiger partial charge < -0.3 is 19.7 Å². The van der Waals surface area contributed by atoms with Crippen molar-refractivity contribution in [2.45, 2.75) is 38.5 Å². The van der Waals surface area contributed by atoms with E-state index in [0.29, 0.717) is 24.2 Å². The Kier molecular flexibility index (Phi) is 6.38. The first-order chi connectivity index (χ1) is 12.5. The molecule has 4 nitrogen and oxygen atoms in total. The third-order valence-electron chi connectivity index (χ3n) is 4.81. The molecule has 27 heavy (non-hydrogen) atoms. The predicted molar refractivity (Wildman–Crippen MR) is 97.1 cm³/mol. The Morgan fingerprint density at radius 1 is 1.11 bits per heavy atom. The molecule has 2 atom stereocenters. The molecule has 0 radical (unpaired) electrons. The molecule has 0 saturated carbocycles. The molecule has 1 unspecified atom stereocenters.